The van der Waals surface area contributed by atoms with E-state index in [2.05, 4.69) is 14.6 Å². The first-order valence-corrected chi connectivity index (χ1v) is 4.67. The van der Waals surface area contributed by atoms with E-state index in [0.717, 1.165) is 14.2 Å². The van der Waals surface area contributed by atoms with Crippen LogP contribution in [0.1, 0.15) is 19.3 Å². The molecule has 1 saturated carbocycles. The average Bonchev–Trinajstić information content (AvgIpc) is 2.69. The van der Waals surface area contributed by atoms with Gasteiger partial charge in [-0.15, -0.1) is 0 Å². The maximum absolute atomic E-state index is 11.3. The predicted octanol–water partition coefficient (Wildman–Crippen LogP) is 0.930. The van der Waals surface area contributed by atoms with E-state index >= 15 is 0 Å². The number of nitrogens with zero attached hydrogens (tertiary/aromatic N) is 2. The lowest BCUT2D eigenvalue weighted by Gasteiger charge is -2.12. The standard InChI is InChI=1S/C9H12N2O5/c1-15-8(13)11(9(14)16-2)10-6-4-3-5-7(6)12/h3-5H2,1-2H3/b10-6+. The third-order valence-electron chi connectivity index (χ3n) is 2.06. The number of Topliss-reactive ketones (excluding diaryl/α,β-unsaturated/α-hetero) is 1. The number of methoxy groups -OCH3 is 2. The summed E-state index contributed by atoms with van der Waals surface area (Å²) in [5, 5.41) is 4.05. The molecule has 1 fully saturated rings. The molecule has 88 valence electrons. The van der Waals surface area contributed by atoms with Crippen molar-refractivity contribution in [2.24, 2.45) is 5.10 Å². The van der Waals surface area contributed by atoms with Crippen LogP contribution in [0.25, 0.3) is 0 Å². The number of ether oxygens (including phenoxy) is 2. The first kappa shape index (κ1) is 12.2. The van der Waals surface area contributed by atoms with E-state index in [0.29, 0.717) is 24.3 Å². The molecule has 0 N–H and O–H groups in total. The highest BCUT2D eigenvalue weighted by Crippen LogP contribution is 2.13. The SMILES string of the molecule is COC(=O)N(/N=C1\CCCC1=O)C(=O)OC. The van der Waals surface area contributed by atoms with Crippen LogP contribution in [0.3, 0.4) is 0 Å². The Balaban J connectivity index is 2.89. The van der Waals surface area contributed by atoms with Crippen LogP contribution in [-0.2, 0) is 14.3 Å². The molecule has 1 aliphatic rings. The Morgan fingerprint density at radius 2 is 1.75 bits per heavy atom. The van der Waals surface area contributed by atoms with E-state index in [1.165, 1.54) is 0 Å². The van der Waals surface area contributed by atoms with Crippen LogP contribution < -0.4 is 0 Å². The Hall–Kier alpha value is -1.92. The van der Waals surface area contributed by atoms with E-state index < -0.39 is 12.2 Å². The van der Waals surface area contributed by atoms with Gasteiger partial charge < -0.3 is 9.47 Å². The first-order chi connectivity index (χ1) is 7.60. The number of carbonyl (C=O) groups excluding carboxylic acids is 3. The van der Waals surface area contributed by atoms with E-state index in [1.54, 1.807) is 0 Å². The van der Waals surface area contributed by atoms with Crippen LogP contribution >= 0.6 is 0 Å². The lowest BCUT2D eigenvalue weighted by molar-refractivity contribution is -0.112. The van der Waals surface area contributed by atoms with Crippen molar-refractivity contribution >= 4 is 23.7 Å². The Kier molecular flexibility index (Phi) is 3.98. The van der Waals surface area contributed by atoms with E-state index in [9.17, 15) is 14.4 Å². The van der Waals surface area contributed by atoms with E-state index in [4.69, 9.17) is 0 Å². The summed E-state index contributed by atoms with van der Waals surface area (Å²) in [6, 6.07) is 0. The molecule has 0 aromatic rings. The molecular formula is C9H12N2O5. The summed E-state index contributed by atoms with van der Waals surface area (Å²) in [5.41, 5.74) is 0.191. The number of hydrogen-bond donors (Lipinski definition) is 0. The van der Waals surface area contributed by atoms with Crippen molar-refractivity contribution in [2.45, 2.75) is 19.3 Å². The average molecular weight is 228 g/mol. The van der Waals surface area contributed by atoms with Crippen LogP contribution in [0.15, 0.2) is 5.10 Å². The highest BCUT2D eigenvalue weighted by Gasteiger charge is 2.27. The molecule has 1 aliphatic carbocycles. The number of hydrogen-bond acceptors (Lipinski definition) is 6. The normalized spacial score (nSPS) is 17.4. The van der Waals surface area contributed by atoms with Crippen molar-refractivity contribution in [3.63, 3.8) is 0 Å². The molecule has 1 rings (SSSR count). The van der Waals surface area contributed by atoms with Crippen molar-refractivity contribution in [2.75, 3.05) is 14.2 Å². The third kappa shape index (κ3) is 2.56. The van der Waals surface area contributed by atoms with Gasteiger partial charge in [0.25, 0.3) is 0 Å². The lowest BCUT2D eigenvalue weighted by Crippen LogP contribution is -2.33. The first-order valence-electron chi connectivity index (χ1n) is 4.67. The van der Waals surface area contributed by atoms with Gasteiger partial charge in [-0.1, -0.05) is 5.01 Å². The smallest absolute Gasteiger partial charge is 0.440 e. The fourth-order valence-corrected chi connectivity index (χ4v) is 1.26. The van der Waals surface area contributed by atoms with Crippen molar-refractivity contribution in [1.29, 1.82) is 0 Å². The second-order valence-electron chi connectivity index (χ2n) is 3.08. The topological polar surface area (TPSA) is 85.3 Å². The van der Waals surface area contributed by atoms with Gasteiger partial charge in [0, 0.05) is 6.42 Å². The van der Waals surface area contributed by atoms with E-state index in [-0.39, 0.29) is 11.5 Å². The Labute approximate surface area is 92.0 Å². The van der Waals surface area contributed by atoms with Gasteiger partial charge in [0.1, 0.15) is 5.71 Å². The fourth-order valence-electron chi connectivity index (χ4n) is 1.26. The molecular weight excluding hydrogens is 216 g/mol. The fraction of sp³-hybridized carbons (Fsp3) is 0.556. The number of ketones is 1. The zero-order valence-electron chi connectivity index (χ0n) is 9.06. The summed E-state index contributed by atoms with van der Waals surface area (Å²) in [4.78, 5) is 33.7. The Bertz CT molecular complexity index is 334. The van der Waals surface area contributed by atoms with Gasteiger partial charge in [-0.2, -0.15) is 5.10 Å². The molecule has 0 heterocycles. The van der Waals surface area contributed by atoms with Crippen LogP contribution in [0.5, 0.6) is 0 Å². The summed E-state index contributed by atoms with van der Waals surface area (Å²) < 4.78 is 8.70. The van der Waals surface area contributed by atoms with Crippen molar-refractivity contribution in [3.05, 3.63) is 0 Å². The lowest BCUT2D eigenvalue weighted by atomic mass is 10.3. The predicted molar refractivity (Wildman–Crippen MR) is 52.9 cm³/mol. The molecule has 0 bridgehead atoms. The largest absolute Gasteiger partial charge is 0.451 e. The molecule has 2 amide bonds. The maximum Gasteiger partial charge on any atom is 0.440 e. The van der Waals surface area contributed by atoms with Crippen molar-refractivity contribution in [1.82, 2.24) is 5.01 Å². The third-order valence-corrected chi connectivity index (χ3v) is 2.06. The van der Waals surface area contributed by atoms with Crippen LogP contribution in [0, 0.1) is 0 Å². The Morgan fingerprint density at radius 3 is 2.12 bits per heavy atom. The second-order valence-corrected chi connectivity index (χ2v) is 3.08. The molecule has 16 heavy (non-hydrogen) atoms. The number of carbonyl (C=O) groups is 3. The van der Waals surface area contributed by atoms with Crippen LogP contribution in [-0.4, -0.2) is 42.9 Å². The van der Waals surface area contributed by atoms with Gasteiger partial charge in [0.05, 0.1) is 14.2 Å². The van der Waals surface area contributed by atoms with Crippen LogP contribution in [0.4, 0.5) is 9.59 Å². The molecule has 0 aliphatic heterocycles. The Morgan fingerprint density at radius 1 is 1.19 bits per heavy atom. The number of imide groups is 1. The minimum atomic E-state index is -0.987. The van der Waals surface area contributed by atoms with E-state index in [1.807, 2.05) is 0 Å². The van der Waals surface area contributed by atoms with Gasteiger partial charge in [0.15, 0.2) is 5.78 Å². The molecule has 7 heteroatoms. The van der Waals surface area contributed by atoms with Gasteiger partial charge in [-0.3, -0.25) is 4.79 Å². The zero-order valence-corrected chi connectivity index (χ0v) is 9.06. The van der Waals surface area contributed by atoms with Gasteiger partial charge in [-0.05, 0) is 12.8 Å². The summed E-state index contributed by atoms with van der Waals surface area (Å²) in [6.07, 6.45) is -0.468. The van der Waals surface area contributed by atoms with Gasteiger partial charge >= 0.3 is 12.2 Å². The quantitative estimate of drug-likeness (QED) is 0.623. The second kappa shape index (κ2) is 5.24. The zero-order chi connectivity index (χ0) is 12.1. The van der Waals surface area contributed by atoms with Crippen molar-refractivity contribution in [3.8, 4) is 0 Å². The van der Waals surface area contributed by atoms with Gasteiger partial charge in [0.2, 0.25) is 0 Å². The molecule has 0 aromatic carbocycles. The van der Waals surface area contributed by atoms with Crippen molar-refractivity contribution < 1.29 is 23.9 Å². The molecule has 0 saturated heterocycles. The molecule has 0 atom stereocenters. The highest BCUT2D eigenvalue weighted by atomic mass is 16.6. The van der Waals surface area contributed by atoms with Crippen LogP contribution in [0.2, 0.25) is 0 Å². The minimum Gasteiger partial charge on any atom is -0.451 e. The molecule has 7 nitrogen and oxygen atoms in total. The number of amides is 2. The monoisotopic (exact) mass is 228 g/mol. The highest BCUT2D eigenvalue weighted by molar-refractivity contribution is 6.41. The minimum absolute atomic E-state index is 0.169. The van der Waals surface area contributed by atoms with Gasteiger partial charge in [-0.25, -0.2) is 9.59 Å². The summed E-state index contributed by atoms with van der Waals surface area (Å²) in [7, 11) is 2.21. The summed E-state index contributed by atoms with van der Waals surface area (Å²) >= 11 is 0. The molecule has 0 radical (unpaired) electrons. The molecule has 0 aromatic heterocycles. The number of hydrazone groups is 1. The number of rotatable bonds is 1. The summed E-state index contributed by atoms with van der Waals surface area (Å²) in [6.45, 7) is 0. The molecule has 0 unspecified atom stereocenters. The summed E-state index contributed by atoms with van der Waals surface area (Å²) in [5.74, 6) is -0.169. The maximum atomic E-state index is 11.3. The molecule has 0 spiro atoms.